The Labute approximate surface area is 120 Å². The van der Waals surface area contributed by atoms with Crippen LogP contribution in [0.25, 0.3) is 11.1 Å². The zero-order valence-corrected chi connectivity index (χ0v) is 12.5. The summed E-state index contributed by atoms with van der Waals surface area (Å²) in [5, 5.41) is 3.40. The summed E-state index contributed by atoms with van der Waals surface area (Å²) in [5.41, 5.74) is 5.66. The average molecular weight is 271 g/mol. The summed E-state index contributed by atoms with van der Waals surface area (Å²) in [4.78, 5) is 0. The van der Waals surface area contributed by atoms with Crippen LogP contribution >= 0.6 is 0 Å². The van der Waals surface area contributed by atoms with E-state index in [9.17, 15) is 4.39 Å². The van der Waals surface area contributed by atoms with Crippen LogP contribution in [0.3, 0.4) is 0 Å². The molecule has 2 aromatic rings. The zero-order valence-electron chi connectivity index (χ0n) is 12.5. The van der Waals surface area contributed by atoms with Gasteiger partial charge >= 0.3 is 0 Å². The van der Waals surface area contributed by atoms with Crippen molar-refractivity contribution in [2.75, 3.05) is 6.54 Å². The lowest BCUT2D eigenvalue weighted by Crippen LogP contribution is -2.13. The van der Waals surface area contributed by atoms with Gasteiger partial charge in [0.25, 0.3) is 0 Å². The third-order valence-corrected chi connectivity index (χ3v) is 3.54. The highest BCUT2D eigenvalue weighted by Gasteiger charge is 2.07. The maximum absolute atomic E-state index is 13.4. The molecule has 0 saturated carbocycles. The molecule has 0 amide bonds. The summed E-state index contributed by atoms with van der Waals surface area (Å²) in [6.45, 7) is 8.18. The van der Waals surface area contributed by atoms with Gasteiger partial charge in [-0.05, 0) is 66.8 Å². The van der Waals surface area contributed by atoms with Crippen molar-refractivity contribution in [1.29, 1.82) is 0 Å². The van der Waals surface area contributed by atoms with Crippen LogP contribution in [0.1, 0.15) is 30.0 Å². The molecule has 0 unspecified atom stereocenters. The van der Waals surface area contributed by atoms with E-state index in [1.54, 1.807) is 6.07 Å². The van der Waals surface area contributed by atoms with E-state index >= 15 is 0 Å². The predicted octanol–water partition coefficient (Wildman–Crippen LogP) is 4.61. The fourth-order valence-corrected chi connectivity index (χ4v) is 2.43. The molecule has 0 spiro atoms. The summed E-state index contributed by atoms with van der Waals surface area (Å²) in [5.74, 6) is -0.182. The van der Waals surface area contributed by atoms with Gasteiger partial charge < -0.3 is 5.32 Å². The normalized spacial score (nSPS) is 10.8. The van der Waals surface area contributed by atoms with Crippen LogP contribution in [-0.4, -0.2) is 6.54 Å². The number of halogens is 1. The molecule has 2 aromatic carbocycles. The van der Waals surface area contributed by atoms with Crippen molar-refractivity contribution in [1.82, 2.24) is 5.32 Å². The molecule has 0 atom stereocenters. The lowest BCUT2D eigenvalue weighted by molar-refractivity contribution is 0.628. The smallest absolute Gasteiger partial charge is 0.123 e. The van der Waals surface area contributed by atoms with Crippen molar-refractivity contribution in [3.05, 3.63) is 58.9 Å². The summed E-state index contributed by atoms with van der Waals surface area (Å²) < 4.78 is 13.4. The quantitative estimate of drug-likeness (QED) is 0.783. The van der Waals surface area contributed by atoms with Gasteiger partial charge in [0.2, 0.25) is 0 Å². The van der Waals surface area contributed by atoms with Crippen LogP contribution in [0.15, 0.2) is 36.4 Å². The first-order chi connectivity index (χ1) is 9.61. The van der Waals surface area contributed by atoms with Crippen molar-refractivity contribution < 1.29 is 4.39 Å². The predicted molar refractivity (Wildman–Crippen MR) is 83.3 cm³/mol. The molecule has 0 saturated heterocycles. The molecule has 0 radical (unpaired) electrons. The maximum Gasteiger partial charge on any atom is 0.123 e. The highest BCUT2D eigenvalue weighted by atomic mass is 19.1. The van der Waals surface area contributed by atoms with Gasteiger partial charge in [0.05, 0.1) is 0 Å². The molecule has 20 heavy (non-hydrogen) atoms. The van der Waals surface area contributed by atoms with Gasteiger partial charge in [-0.3, -0.25) is 0 Å². The monoisotopic (exact) mass is 271 g/mol. The number of hydrogen-bond donors (Lipinski definition) is 1. The van der Waals surface area contributed by atoms with Gasteiger partial charge in [-0.15, -0.1) is 0 Å². The number of nitrogens with one attached hydrogen (secondary N) is 1. The third kappa shape index (κ3) is 3.45. The molecule has 0 heterocycles. The summed E-state index contributed by atoms with van der Waals surface area (Å²) in [7, 11) is 0. The number of aryl methyl sites for hydroxylation is 2. The summed E-state index contributed by atoms with van der Waals surface area (Å²) in [6, 6.07) is 11.4. The topological polar surface area (TPSA) is 12.0 Å². The Morgan fingerprint density at radius 2 is 1.75 bits per heavy atom. The van der Waals surface area contributed by atoms with Crippen molar-refractivity contribution in [2.24, 2.45) is 0 Å². The average Bonchev–Trinajstić information content (AvgIpc) is 2.42. The van der Waals surface area contributed by atoms with E-state index < -0.39 is 0 Å². The van der Waals surface area contributed by atoms with Gasteiger partial charge in [0.1, 0.15) is 5.82 Å². The van der Waals surface area contributed by atoms with Gasteiger partial charge in [-0.2, -0.15) is 0 Å². The molecule has 106 valence electrons. The standard InChI is InChI=1S/C18H22FN/c1-4-9-20-12-15-6-8-17(14(3)10-15)18-11-16(19)7-5-13(18)2/h5-8,10-11,20H,4,9,12H2,1-3H3. The number of hydrogen-bond acceptors (Lipinski definition) is 1. The molecule has 0 fully saturated rings. The Morgan fingerprint density at radius 3 is 2.45 bits per heavy atom. The Balaban J connectivity index is 2.27. The first-order valence-electron chi connectivity index (χ1n) is 7.18. The molecule has 0 bridgehead atoms. The van der Waals surface area contributed by atoms with Crippen LogP contribution in [0.4, 0.5) is 4.39 Å². The second-order valence-electron chi connectivity index (χ2n) is 5.29. The van der Waals surface area contributed by atoms with Crippen molar-refractivity contribution >= 4 is 0 Å². The minimum Gasteiger partial charge on any atom is -0.313 e. The van der Waals surface area contributed by atoms with Crippen molar-refractivity contribution in [3.63, 3.8) is 0 Å². The molecule has 1 N–H and O–H groups in total. The maximum atomic E-state index is 13.4. The van der Waals surface area contributed by atoms with Crippen LogP contribution in [0.5, 0.6) is 0 Å². The first kappa shape index (κ1) is 14.7. The van der Waals surface area contributed by atoms with Crippen molar-refractivity contribution in [2.45, 2.75) is 33.7 Å². The Bertz CT molecular complexity index is 590. The SMILES string of the molecule is CCCNCc1ccc(-c2cc(F)ccc2C)c(C)c1. The Hall–Kier alpha value is -1.67. The highest BCUT2D eigenvalue weighted by molar-refractivity contribution is 5.70. The Kier molecular flexibility index (Phi) is 4.91. The highest BCUT2D eigenvalue weighted by Crippen LogP contribution is 2.28. The molecule has 0 aliphatic rings. The van der Waals surface area contributed by atoms with Crippen LogP contribution in [0, 0.1) is 19.7 Å². The van der Waals surface area contributed by atoms with Gasteiger partial charge in [0, 0.05) is 6.54 Å². The fourth-order valence-electron chi connectivity index (χ4n) is 2.43. The van der Waals surface area contributed by atoms with Gasteiger partial charge in [-0.1, -0.05) is 31.2 Å². The minimum absolute atomic E-state index is 0.182. The van der Waals surface area contributed by atoms with Crippen LogP contribution in [0.2, 0.25) is 0 Å². The lowest BCUT2D eigenvalue weighted by Gasteiger charge is -2.12. The molecule has 0 aliphatic carbocycles. The summed E-state index contributed by atoms with van der Waals surface area (Å²) >= 11 is 0. The van der Waals surface area contributed by atoms with E-state index in [0.29, 0.717) is 0 Å². The van der Waals surface area contributed by atoms with Gasteiger partial charge in [0.15, 0.2) is 0 Å². The Morgan fingerprint density at radius 1 is 0.950 bits per heavy atom. The number of benzene rings is 2. The minimum atomic E-state index is -0.182. The van der Waals surface area contributed by atoms with E-state index in [-0.39, 0.29) is 5.82 Å². The van der Waals surface area contributed by atoms with E-state index in [1.165, 1.54) is 17.2 Å². The molecular weight excluding hydrogens is 249 g/mol. The van der Waals surface area contributed by atoms with E-state index in [1.807, 2.05) is 13.0 Å². The number of rotatable bonds is 5. The van der Waals surface area contributed by atoms with Gasteiger partial charge in [-0.25, -0.2) is 4.39 Å². The summed E-state index contributed by atoms with van der Waals surface area (Å²) in [6.07, 6.45) is 1.14. The van der Waals surface area contributed by atoms with Crippen LogP contribution in [-0.2, 0) is 6.54 Å². The first-order valence-corrected chi connectivity index (χ1v) is 7.18. The zero-order chi connectivity index (χ0) is 14.5. The molecule has 2 heteroatoms. The molecule has 0 aliphatic heterocycles. The largest absolute Gasteiger partial charge is 0.313 e. The van der Waals surface area contributed by atoms with Crippen LogP contribution < -0.4 is 5.32 Å². The second kappa shape index (κ2) is 6.67. The fraction of sp³-hybridized carbons (Fsp3) is 0.333. The van der Waals surface area contributed by atoms with E-state index in [2.05, 4.69) is 37.4 Å². The molecule has 0 aromatic heterocycles. The molecule has 1 nitrogen and oxygen atoms in total. The van der Waals surface area contributed by atoms with E-state index in [0.717, 1.165) is 36.2 Å². The van der Waals surface area contributed by atoms with Crippen molar-refractivity contribution in [3.8, 4) is 11.1 Å². The molecular formula is C18H22FN. The molecule has 2 rings (SSSR count). The van der Waals surface area contributed by atoms with E-state index in [4.69, 9.17) is 0 Å². The lowest BCUT2D eigenvalue weighted by atomic mass is 9.95. The second-order valence-corrected chi connectivity index (χ2v) is 5.29. The third-order valence-electron chi connectivity index (χ3n) is 3.54.